The maximum absolute atomic E-state index is 12.2. The van der Waals surface area contributed by atoms with Gasteiger partial charge in [-0.25, -0.2) is 4.79 Å². The van der Waals surface area contributed by atoms with E-state index in [2.05, 4.69) is 5.32 Å². The van der Waals surface area contributed by atoms with Crippen LogP contribution in [0.1, 0.15) is 11.3 Å². The first kappa shape index (κ1) is 17.1. The van der Waals surface area contributed by atoms with Gasteiger partial charge in [-0.1, -0.05) is 54.6 Å². The predicted molar refractivity (Wildman–Crippen MR) is 113 cm³/mol. The number of hydrogen-bond acceptors (Lipinski definition) is 3. The number of hydrogen-bond donors (Lipinski definition) is 1. The SMILES string of the molecule is CNC(=O)OC1=C(c2cccc3ccccc23)Oc2ccccc2-n2cccc21. The standard InChI is InChI=1S/C24H18N2O3/c1-25-24(27)29-23-20-13-7-15-26(20)19-12-4-5-14-21(19)28-22(23)18-11-6-9-16-8-2-3-10-17(16)18/h2-15H,1H3,(H,25,27). The minimum Gasteiger partial charge on any atom is -0.450 e. The number of fused-ring (bicyclic) bond motifs is 4. The van der Waals surface area contributed by atoms with Gasteiger partial charge in [0.25, 0.3) is 0 Å². The third-order valence-corrected chi connectivity index (χ3v) is 4.96. The molecule has 5 nitrogen and oxygen atoms in total. The number of nitrogens with zero attached hydrogens (tertiary/aromatic N) is 1. The molecule has 1 aliphatic heterocycles. The maximum Gasteiger partial charge on any atom is 0.412 e. The molecular weight excluding hydrogens is 364 g/mol. The van der Waals surface area contributed by atoms with Crippen molar-refractivity contribution in [3.05, 3.63) is 96.3 Å². The van der Waals surface area contributed by atoms with Crippen molar-refractivity contribution in [2.45, 2.75) is 0 Å². The van der Waals surface area contributed by atoms with Crippen molar-refractivity contribution in [2.75, 3.05) is 7.05 Å². The molecule has 0 aliphatic carbocycles. The molecule has 0 spiro atoms. The van der Waals surface area contributed by atoms with E-state index < -0.39 is 6.09 Å². The van der Waals surface area contributed by atoms with Crippen LogP contribution in [0.5, 0.6) is 5.75 Å². The van der Waals surface area contributed by atoms with Crippen LogP contribution in [0.25, 0.3) is 28.0 Å². The summed E-state index contributed by atoms with van der Waals surface area (Å²) in [5.74, 6) is 1.54. The van der Waals surface area contributed by atoms with Gasteiger partial charge in [0.2, 0.25) is 0 Å². The number of rotatable bonds is 2. The molecule has 29 heavy (non-hydrogen) atoms. The van der Waals surface area contributed by atoms with Gasteiger partial charge in [-0.3, -0.25) is 0 Å². The fourth-order valence-electron chi connectivity index (χ4n) is 3.63. The number of carbonyl (C=O) groups excluding carboxylic acids is 1. The minimum absolute atomic E-state index is 0.363. The molecule has 5 heteroatoms. The van der Waals surface area contributed by atoms with E-state index in [4.69, 9.17) is 9.47 Å². The third-order valence-electron chi connectivity index (χ3n) is 4.96. The molecule has 1 N–H and O–H groups in total. The van der Waals surface area contributed by atoms with Crippen LogP contribution in [0.4, 0.5) is 4.79 Å². The lowest BCUT2D eigenvalue weighted by molar-refractivity contribution is 0.193. The maximum atomic E-state index is 12.2. The first-order valence-electron chi connectivity index (χ1n) is 9.33. The third kappa shape index (κ3) is 2.84. The first-order valence-corrected chi connectivity index (χ1v) is 9.33. The fraction of sp³-hybridized carbons (Fsp3) is 0.0417. The second-order valence-corrected chi connectivity index (χ2v) is 6.66. The van der Waals surface area contributed by atoms with Gasteiger partial charge in [-0.2, -0.15) is 0 Å². The second kappa shape index (κ2) is 6.87. The molecule has 2 heterocycles. The lowest BCUT2D eigenvalue weighted by Gasteiger charge is -2.15. The Hall–Kier alpha value is -3.99. The van der Waals surface area contributed by atoms with Crippen molar-refractivity contribution in [3.8, 4) is 11.4 Å². The van der Waals surface area contributed by atoms with E-state index in [1.54, 1.807) is 0 Å². The minimum atomic E-state index is -0.556. The zero-order valence-electron chi connectivity index (χ0n) is 15.8. The molecule has 5 rings (SSSR count). The Morgan fingerprint density at radius 2 is 1.72 bits per heavy atom. The van der Waals surface area contributed by atoms with Gasteiger partial charge in [0.15, 0.2) is 17.3 Å². The highest BCUT2D eigenvalue weighted by molar-refractivity contribution is 6.00. The number of alkyl carbamates (subject to hydrolysis) is 1. The Labute approximate surface area is 167 Å². The summed E-state index contributed by atoms with van der Waals surface area (Å²) >= 11 is 0. The Morgan fingerprint density at radius 3 is 2.62 bits per heavy atom. The first-order chi connectivity index (χ1) is 14.3. The number of benzene rings is 3. The summed E-state index contributed by atoms with van der Waals surface area (Å²) in [6.07, 6.45) is 1.37. The summed E-state index contributed by atoms with van der Waals surface area (Å²) in [4.78, 5) is 12.2. The van der Waals surface area contributed by atoms with Gasteiger partial charge in [0.05, 0.1) is 11.4 Å². The highest BCUT2D eigenvalue weighted by atomic mass is 16.6. The number of carbonyl (C=O) groups is 1. The van der Waals surface area contributed by atoms with E-state index in [-0.39, 0.29) is 0 Å². The van der Waals surface area contributed by atoms with Crippen LogP contribution in [-0.2, 0) is 4.74 Å². The van der Waals surface area contributed by atoms with Crippen molar-refractivity contribution < 1.29 is 14.3 Å². The quantitative estimate of drug-likeness (QED) is 0.518. The summed E-state index contributed by atoms with van der Waals surface area (Å²) in [5.41, 5.74) is 2.47. The van der Waals surface area contributed by atoms with E-state index in [0.29, 0.717) is 17.3 Å². The van der Waals surface area contributed by atoms with E-state index in [1.807, 2.05) is 89.6 Å². The number of amides is 1. The summed E-state index contributed by atoms with van der Waals surface area (Å²) in [7, 11) is 1.53. The van der Waals surface area contributed by atoms with Crippen molar-refractivity contribution in [3.63, 3.8) is 0 Å². The highest BCUT2D eigenvalue weighted by Crippen LogP contribution is 2.40. The number of para-hydroxylation sites is 2. The summed E-state index contributed by atoms with van der Waals surface area (Å²) in [6, 6.07) is 25.7. The van der Waals surface area contributed by atoms with Crippen LogP contribution < -0.4 is 10.1 Å². The largest absolute Gasteiger partial charge is 0.450 e. The highest BCUT2D eigenvalue weighted by Gasteiger charge is 2.27. The number of ether oxygens (including phenoxy) is 2. The molecule has 0 saturated heterocycles. The molecule has 1 aliphatic rings. The Balaban J connectivity index is 1.84. The fourth-order valence-corrected chi connectivity index (χ4v) is 3.63. The van der Waals surface area contributed by atoms with Crippen LogP contribution >= 0.6 is 0 Å². The topological polar surface area (TPSA) is 52.5 Å². The van der Waals surface area contributed by atoms with E-state index >= 15 is 0 Å². The number of aromatic nitrogens is 1. The average Bonchev–Trinajstić information content (AvgIpc) is 3.21. The Kier molecular flexibility index (Phi) is 4.06. The molecule has 3 aromatic carbocycles. The monoisotopic (exact) mass is 382 g/mol. The van der Waals surface area contributed by atoms with E-state index in [1.165, 1.54) is 7.05 Å². The zero-order chi connectivity index (χ0) is 19.8. The molecule has 1 amide bonds. The predicted octanol–water partition coefficient (Wildman–Crippen LogP) is 5.20. The Bertz CT molecular complexity index is 1260. The van der Waals surface area contributed by atoms with Gasteiger partial charge in [-0.05, 0) is 35.0 Å². The van der Waals surface area contributed by atoms with Crippen LogP contribution in [-0.4, -0.2) is 17.7 Å². The molecule has 0 unspecified atom stereocenters. The van der Waals surface area contributed by atoms with Gasteiger partial charge >= 0.3 is 6.09 Å². The molecular formula is C24H18N2O3. The van der Waals surface area contributed by atoms with E-state index in [9.17, 15) is 4.79 Å². The summed E-state index contributed by atoms with van der Waals surface area (Å²) < 4.78 is 14.1. The van der Waals surface area contributed by atoms with Crippen LogP contribution in [0, 0.1) is 0 Å². The van der Waals surface area contributed by atoms with Crippen molar-refractivity contribution in [1.82, 2.24) is 9.88 Å². The van der Waals surface area contributed by atoms with Gasteiger partial charge in [-0.15, -0.1) is 0 Å². The van der Waals surface area contributed by atoms with Crippen molar-refractivity contribution in [2.24, 2.45) is 0 Å². The second-order valence-electron chi connectivity index (χ2n) is 6.66. The molecule has 0 bridgehead atoms. The van der Waals surface area contributed by atoms with Crippen molar-refractivity contribution >= 4 is 28.4 Å². The molecule has 142 valence electrons. The van der Waals surface area contributed by atoms with Crippen LogP contribution in [0.3, 0.4) is 0 Å². The molecule has 4 aromatic rings. The Morgan fingerprint density at radius 1 is 0.931 bits per heavy atom. The van der Waals surface area contributed by atoms with E-state index in [0.717, 1.165) is 27.7 Å². The van der Waals surface area contributed by atoms with Crippen molar-refractivity contribution in [1.29, 1.82) is 0 Å². The molecule has 0 fully saturated rings. The van der Waals surface area contributed by atoms with Gasteiger partial charge < -0.3 is 19.4 Å². The summed E-state index contributed by atoms with van der Waals surface area (Å²) in [5, 5.41) is 4.62. The lowest BCUT2D eigenvalue weighted by atomic mass is 10.0. The average molecular weight is 382 g/mol. The van der Waals surface area contributed by atoms with Crippen LogP contribution in [0.2, 0.25) is 0 Å². The molecule has 0 saturated carbocycles. The molecule has 0 radical (unpaired) electrons. The lowest BCUT2D eigenvalue weighted by Crippen LogP contribution is -2.20. The molecule has 0 atom stereocenters. The zero-order valence-corrected chi connectivity index (χ0v) is 15.8. The van der Waals surface area contributed by atoms with Gasteiger partial charge in [0.1, 0.15) is 0 Å². The number of nitrogens with one attached hydrogen (secondary N) is 1. The van der Waals surface area contributed by atoms with Gasteiger partial charge in [0, 0.05) is 18.8 Å². The normalized spacial score (nSPS) is 12.6. The smallest absolute Gasteiger partial charge is 0.412 e. The molecule has 1 aromatic heterocycles. The summed E-state index contributed by atoms with van der Waals surface area (Å²) in [6.45, 7) is 0. The van der Waals surface area contributed by atoms with Crippen LogP contribution in [0.15, 0.2) is 85.1 Å².